The number of hydrogen-bond acceptors (Lipinski definition) is 2. The molecule has 1 aromatic carbocycles. The molecule has 0 saturated heterocycles. The van der Waals surface area contributed by atoms with E-state index in [1.165, 1.54) is 12.0 Å². The quantitative estimate of drug-likeness (QED) is 0.775. The standard InChI is InChI=1S/C15H24BrNO/c1-11(2)8-12(3)17(4)10-13-6-7-15(18-5)14(16)9-13/h6-7,9,11-12H,8,10H2,1-5H3. The first kappa shape index (κ1) is 15.5. The van der Waals surface area contributed by atoms with Crippen molar-refractivity contribution in [3.8, 4) is 5.75 Å². The van der Waals surface area contributed by atoms with E-state index in [-0.39, 0.29) is 0 Å². The number of nitrogens with zero attached hydrogens (tertiary/aromatic N) is 1. The van der Waals surface area contributed by atoms with Crippen LogP contribution in [0.2, 0.25) is 0 Å². The van der Waals surface area contributed by atoms with Gasteiger partial charge in [0.15, 0.2) is 0 Å². The van der Waals surface area contributed by atoms with Gasteiger partial charge in [0.2, 0.25) is 0 Å². The second-order valence-corrected chi connectivity index (χ2v) is 6.22. The minimum absolute atomic E-state index is 0.603. The van der Waals surface area contributed by atoms with Crippen molar-refractivity contribution in [2.75, 3.05) is 14.2 Å². The van der Waals surface area contributed by atoms with E-state index in [9.17, 15) is 0 Å². The Labute approximate surface area is 119 Å². The Morgan fingerprint density at radius 3 is 2.44 bits per heavy atom. The molecular formula is C15H24BrNO. The Kier molecular flexibility index (Phi) is 6.16. The predicted molar refractivity (Wildman–Crippen MR) is 81.1 cm³/mol. The van der Waals surface area contributed by atoms with Gasteiger partial charge in [-0.15, -0.1) is 0 Å². The number of halogens is 1. The zero-order valence-corrected chi connectivity index (χ0v) is 13.6. The van der Waals surface area contributed by atoms with Gasteiger partial charge in [-0.05, 0) is 59.9 Å². The molecule has 1 rings (SSSR count). The van der Waals surface area contributed by atoms with Crippen LogP contribution in [-0.2, 0) is 6.54 Å². The zero-order valence-electron chi connectivity index (χ0n) is 12.0. The summed E-state index contributed by atoms with van der Waals surface area (Å²) in [4.78, 5) is 2.40. The fourth-order valence-corrected chi connectivity index (χ4v) is 2.70. The van der Waals surface area contributed by atoms with Crippen LogP contribution < -0.4 is 4.74 Å². The van der Waals surface area contributed by atoms with Crippen molar-refractivity contribution in [1.82, 2.24) is 4.90 Å². The van der Waals surface area contributed by atoms with Crippen molar-refractivity contribution >= 4 is 15.9 Å². The molecule has 0 spiro atoms. The molecule has 0 aliphatic heterocycles. The summed E-state index contributed by atoms with van der Waals surface area (Å²) in [6, 6.07) is 6.88. The van der Waals surface area contributed by atoms with Crippen LogP contribution in [0.25, 0.3) is 0 Å². The van der Waals surface area contributed by atoms with Gasteiger partial charge in [0, 0.05) is 12.6 Å². The number of methoxy groups -OCH3 is 1. The summed E-state index contributed by atoms with van der Waals surface area (Å²) < 4.78 is 6.27. The third-order valence-electron chi connectivity index (χ3n) is 3.21. The van der Waals surface area contributed by atoms with Gasteiger partial charge in [0.05, 0.1) is 11.6 Å². The first-order valence-corrected chi connectivity index (χ1v) is 7.26. The Hall–Kier alpha value is -0.540. The first-order chi connectivity index (χ1) is 8.43. The Morgan fingerprint density at radius 2 is 1.94 bits per heavy atom. The zero-order chi connectivity index (χ0) is 13.7. The van der Waals surface area contributed by atoms with Gasteiger partial charge >= 0.3 is 0 Å². The molecule has 0 amide bonds. The molecule has 3 heteroatoms. The van der Waals surface area contributed by atoms with Crippen molar-refractivity contribution < 1.29 is 4.74 Å². The molecule has 0 aromatic heterocycles. The molecule has 1 atom stereocenters. The molecular weight excluding hydrogens is 290 g/mol. The summed E-state index contributed by atoms with van der Waals surface area (Å²) >= 11 is 3.53. The van der Waals surface area contributed by atoms with Crippen molar-refractivity contribution in [3.05, 3.63) is 28.2 Å². The third kappa shape index (κ3) is 4.62. The lowest BCUT2D eigenvalue weighted by Gasteiger charge is -2.26. The van der Waals surface area contributed by atoms with Crippen LogP contribution in [0.3, 0.4) is 0 Å². The van der Waals surface area contributed by atoms with E-state index in [1.54, 1.807) is 7.11 Å². The summed E-state index contributed by atoms with van der Waals surface area (Å²) in [6.07, 6.45) is 1.23. The Balaban J connectivity index is 2.64. The van der Waals surface area contributed by atoms with E-state index in [0.29, 0.717) is 6.04 Å². The SMILES string of the molecule is COc1ccc(CN(C)C(C)CC(C)C)cc1Br. The molecule has 0 fully saturated rings. The maximum Gasteiger partial charge on any atom is 0.133 e. The molecule has 1 aromatic rings. The second-order valence-electron chi connectivity index (χ2n) is 5.36. The largest absolute Gasteiger partial charge is 0.496 e. The Morgan fingerprint density at radius 1 is 1.28 bits per heavy atom. The lowest BCUT2D eigenvalue weighted by atomic mass is 10.0. The van der Waals surface area contributed by atoms with Crippen LogP contribution in [0.4, 0.5) is 0 Å². The second kappa shape index (κ2) is 7.15. The normalized spacial score (nSPS) is 13.1. The highest BCUT2D eigenvalue weighted by atomic mass is 79.9. The number of hydrogen-bond donors (Lipinski definition) is 0. The van der Waals surface area contributed by atoms with Gasteiger partial charge < -0.3 is 4.74 Å². The fourth-order valence-electron chi connectivity index (χ4n) is 2.11. The number of benzene rings is 1. The lowest BCUT2D eigenvalue weighted by Crippen LogP contribution is -2.29. The number of rotatable bonds is 6. The maximum atomic E-state index is 5.24. The molecule has 0 radical (unpaired) electrons. The summed E-state index contributed by atoms with van der Waals surface area (Å²) in [5.74, 6) is 1.63. The number of ether oxygens (including phenoxy) is 1. The fraction of sp³-hybridized carbons (Fsp3) is 0.600. The highest BCUT2D eigenvalue weighted by molar-refractivity contribution is 9.10. The monoisotopic (exact) mass is 313 g/mol. The molecule has 0 aliphatic rings. The lowest BCUT2D eigenvalue weighted by molar-refractivity contribution is 0.220. The van der Waals surface area contributed by atoms with Crippen LogP contribution >= 0.6 is 15.9 Å². The van der Waals surface area contributed by atoms with Gasteiger partial charge in [0.25, 0.3) is 0 Å². The van der Waals surface area contributed by atoms with Gasteiger partial charge in [-0.1, -0.05) is 19.9 Å². The first-order valence-electron chi connectivity index (χ1n) is 6.46. The predicted octanol–water partition coefficient (Wildman–Crippen LogP) is 4.32. The summed E-state index contributed by atoms with van der Waals surface area (Å²) in [5.41, 5.74) is 1.31. The minimum Gasteiger partial charge on any atom is -0.496 e. The van der Waals surface area contributed by atoms with E-state index in [2.05, 4.69) is 60.8 Å². The molecule has 0 aliphatic carbocycles. The Bertz CT molecular complexity index is 379. The highest BCUT2D eigenvalue weighted by Crippen LogP contribution is 2.26. The third-order valence-corrected chi connectivity index (χ3v) is 3.83. The van der Waals surface area contributed by atoms with Crippen LogP contribution in [0.5, 0.6) is 5.75 Å². The van der Waals surface area contributed by atoms with E-state index >= 15 is 0 Å². The summed E-state index contributed by atoms with van der Waals surface area (Å²) in [5, 5.41) is 0. The van der Waals surface area contributed by atoms with Crippen molar-refractivity contribution in [3.63, 3.8) is 0 Å². The molecule has 102 valence electrons. The van der Waals surface area contributed by atoms with E-state index < -0.39 is 0 Å². The molecule has 1 unspecified atom stereocenters. The van der Waals surface area contributed by atoms with E-state index in [4.69, 9.17) is 4.74 Å². The van der Waals surface area contributed by atoms with Gasteiger partial charge in [0.1, 0.15) is 5.75 Å². The molecule has 0 N–H and O–H groups in total. The van der Waals surface area contributed by atoms with Crippen LogP contribution in [0, 0.1) is 5.92 Å². The van der Waals surface area contributed by atoms with Crippen molar-refractivity contribution in [2.24, 2.45) is 5.92 Å². The molecule has 2 nitrogen and oxygen atoms in total. The summed E-state index contributed by atoms with van der Waals surface area (Å²) in [7, 11) is 3.88. The summed E-state index contributed by atoms with van der Waals surface area (Å²) in [6.45, 7) is 7.80. The van der Waals surface area contributed by atoms with E-state index in [1.807, 2.05) is 6.07 Å². The molecule has 0 heterocycles. The molecule has 0 saturated carbocycles. The van der Waals surface area contributed by atoms with Crippen LogP contribution in [-0.4, -0.2) is 25.1 Å². The average molecular weight is 314 g/mol. The van der Waals surface area contributed by atoms with E-state index in [0.717, 1.165) is 22.7 Å². The maximum absolute atomic E-state index is 5.24. The van der Waals surface area contributed by atoms with Crippen LogP contribution in [0.1, 0.15) is 32.8 Å². The van der Waals surface area contributed by atoms with Gasteiger partial charge in [-0.3, -0.25) is 4.90 Å². The van der Waals surface area contributed by atoms with Crippen LogP contribution in [0.15, 0.2) is 22.7 Å². The minimum atomic E-state index is 0.603. The molecule has 18 heavy (non-hydrogen) atoms. The smallest absolute Gasteiger partial charge is 0.133 e. The van der Waals surface area contributed by atoms with Crippen molar-refractivity contribution in [2.45, 2.75) is 39.8 Å². The van der Waals surface area contributed by atoms with Gasteiger partial charge in [-0.2, -0.15) is 0 Å². The molecule has 0 bridgehead atoms. The average Bonchev–Trinajstić information content (AvgIpc) is 2.28. The van der Waals surface area contributed by atoms with Gasteiger partial charge in [-0.25, -0.2) is 0 Å². The van der Waals surface area contributed by atoms with Crippen molar-refractivity contribution in [1.29, 1.82) is 0 Å². The topological polar surface area (TPSA) is 12.5 Å². The highest BCUT2D eigenvalue weighted by Gasteiger charge is 2.12.